The fraction of sp³-hybridized carbons (Fsp3) is 0.250. The first-order valence-electron chi connectivity index (χ1n) is 10.3. The molecule has 2 aromatic heterocycles. The Bertz CT molecular complexity index is 1130. The second-order valence-corrected chi connectivity index (χ2v) is 10.7. The predicted molar refractivity (Wildman–Crippen MR) is 146 cm³/mol. The van der Waals surface area contributed by atoms with E-state index in [-0.39, 0.29) is 5.91 Å². The molecule has 166 valence electrons. The molecule has 0 saturated carbocycles. The summed E-state index contributed by atoms with van der Waals surface area (Å²) in [6, 6.07) is 7.75. The minimum absolute atomic E-state index is 0.0923. The van der Waals surface area contributed by atoms with Gasteiger partial charge in [0.1, 0.15) is 23.1 Å². The van der Waals surface area contributed by atoms with E-state index >= 15 is 0 Å². The molecule has 0 spiro atoms. The van der Waals surface area contributed by atoms with Gasteiger partial charge in [-0.1, -0.05) is 12.7 Å². The van der Waals surface area contributed by atoms with E-state index < -0.39 is 0 Å². The normalized spacial score (nSPS) is 13.2. The molecule has 1 aliphatic carbocycles. The Balaban J connectivity index is 1.60. The second kappa shape index (κ2) is 11.0. The number of rotatable bonds is 8. The Kier molecular flexibility index (Phi) is 8.06. The van der Waals surface area contributed by atoms with Crippen molar-refractivity contribution in [1.82, 2.24) is 5.32 Å². The lowest BCUT2D eigenvalue weighted by Gasteiger charge is -2.12. The number of nitrogens with one attached hydrogen (secondary N) is 1. The van der Waals surface area contributed by atoms with Crippen molar-refractivity contribution < 1.29 is 13.9 Å². The molecule has 0 radical (unpaired) electrons. The van der Waals surface area contributed by atoms with Crippen LogP contribution in [0, 0.1) is 7.14 Å². The Morgan fingerprint density at radius 2 is 2.06 bits per heavy atom. The first-order chi connectivity index (χ1) is 15.6. The SMILES string of the molecule is C=CCOc1c(I)cc(/C=N\c2sc3c(c2C(=O)NCc2ccco2)CCCC3)cc1I. The highest BCUT2D eigenvalue weighted by Gasteiger charge is 2.25. The predicted octanol–water partition coefficient (Wildman–Crippen LogP) is 6.67. The van der Waals surface area contributed by atoms with Gasteiger partial charge in [-0.25, -0.2) is 4.99 Å². The Morgan fingerprint density at radius 1 is 1.28 bits per heavy atom. The molecule has 2 heterocycles. The van der Waals surface area contributed by atoms with Crippen LogP contribution in [0.1, 0.15) is 45.0 Å². The van der Waals surface area contributed by atoms with E-state index in [1.165, 1.54) is 4.88 Å². The van der Waals surface area contributed by atoms with Crippen molar-refractivity contribution in [1.29, 1.82) is 0 Å². The van der Waals surface area contributed by atoms with E-state index in [0.717, 1.165) is 60.5 Å². The van der Waals surface area contributed by atoms with Gasteiger partial charge in [0, 0.05) is 11.1 Å². The van der Waals surface area contributed by atoms with E-state index in [0.29, 0.717) is 18.7 Å². The van der Waals surface area contributed by atoms with E-state index in [9.17, 15) is 4.79 Å². The molecular formula is C24H22I2N2O3S. The lowest BCUT2D eigenvalue weighted by Crippen LogP contribution is -2.23. The van der Waals surface area contributed by atoms with Crippen molar-refractivity contribution in [2.75, 3.05) is 6.61 Å². The molecule has 0 bridgehead atoms. The van der Waals surface area contributed by atoms with Crippen LogP contribution in [0.5, 0.6) is 5.75 Å². The summed E-state index contributed by atoms with van der Waals surface area (Å²) in [5.41, 5.74) is 2.84. The number of hydrogen-bond donors (Lipinski definition) is 1. The highest BCUT2D eigenvalue weighted by molar-refractivity contribution is 14.1. The van der Waals surface area contributed by atoms with Gasteiger partial charge in [-0.15, -0.1) is 11.3 Å². The van der Waals surface area contributed by atoms with E-state index in [1.807, 2.05) is 30.5 Å². The lowest BCUT2D eigenvalue weighted by atomic mass is 9.95. The summed E-state index contributed by atoms with van der Waals surface area (Å²) in [5, 5.41) is 3.76. The number of carbonyl (C=O) groups excluding carboxylic acids is 1. The number of carbonyl (C=O) groups is 1. The highest BCUT2D eigenvalue weighted by atomic mass is 127. The van der Waals surface area contributed by atoms with Crippen LogP contribution in [0.25, 0.3) is 0 Å². The van der Waals surface area contributed by atoms with Crippen molar-refractivity contribution in [3.63, 3.8) is 0 Å². The molecule has 0 saturated heterocycles. The molecule has 1 N–H and O–H groups in total. The van der Waals surface area contributed by atoms with Crippen LogP contribution in [0.3, 0.4) is 0 Å². The number of amides is 1. The molecule has 4 rings (SSSR count). The number of benzene rings is 1. The number of furan rings is 1. The smallest absolute Gasteiger partial charge is 0.255 e. The molecule has 1 aromatic carbocycles. The first-order valence-corrected chi connectivity index (χ1v) is 13.3. The minimum atomic E-state index is -0.0923. The standard InChI is InChI=1S/C24H22I2N2O3S/c1-2-9-31-22-18(25)11-15(12-19(22)26)13-28-24-21(17-7-3-4-8-20(17)32-24)23(29)27-14-16-6-5-10-30-16/h2,5-6,10-13H,1,3-4,7-9,14H2,(H,27,29)/b28-13-. The summed E-state index contributed by atoms with van der Waals surface area (Å²) in [6.45, 7) is 4.54. The average Bonchev–Trinajstić information content (AvgIpc) is 3.43. The van der Waals surface area contributed by atoms with Crippen molar-refractivity contribution in [2.24, 2.45) is 4.99 Å². The maximum Gasteiger partial charge on any atom is 0.255 e. The Hall–Kier alpha value is -1.66. The number of aryl methyl sites for hydroxylation is 1. The number of aliphatic imine (C=N–C) groups is 1. The van der Waals surface area contributed by atoms with Crippen LogP contribution < -0.4 is 10.1 Å². The van der Waals surface area contributed by atoms with Gasteiger partial charge in [0.25, 0.3) is 5.91 Å². The average molecular weight is 672 g/mol. The number of halogens is 2. The van der Waals surface area contributed by atoms with Crippen LogP contribution in [0.2, 0.25) is 0 Å². The first kappa shape index (κ1) is 23.5. The van der Waals surface area contributed by atoms with E-state index in [1.54, 1.807) is 23.7 Å². The van der Waals surface area contributed by atoms with Gasteiger partial charge in [0.05, 0.1) is 25.5 Å². The third-order valence-electron chi connectivity index (χ3n) is 5.08. The van der Waals surface area contributed by atoms with Gasteiger partial charge in [0.2, 0.25) is 0 Å². The van der Waals surface area contributed by atoms with Crippen molar-refractivity contribution in [2.45, 2.75) is 32.2 Å². The molecule has 8 heteroatoms. The third kappa shape index (κ3) is 5.45. The second-order valence-electron chi connectivity index (χ2n) is 7.32. The third-order valence-corrected chi connectivity index (χ3v) is 7.88. The largest absolute Gasteiger partial charge is 0.487 e. The molecule has 32 heavy (non-hydrogen) atoms. The number of thiophene rings is 1. The molecule has 1 amide bonds. The molecule has 5 nitrogen and oxygen atoms in total. The van der Waals surface area contributed by atoms with Crippen LogP contribution in [0.15, 0.2) is 52.6 Å². The lowest BCUT2D eigenvalue weighted by molar-refractivity contribution is 0.0948. The maximum atomic E-state index is 13.1. The maximum absolute atomic E-state index is 13.1. The fourth-order valence-corrected chi connectivity index (χ4v) is 6.97. The fourth-order valence-electron chi connectivity index (χ4n) is 3.61. The number of nitrogens with zero attached hydrogens (tertiary/aromatic N) is 1. The monoisotopic (exact) mass is 672 g/mol. The van der Waals surface area contributed by atoms with Crippen molar-refractivity contribution >= 4 is 73.6 Å². The molecule has 3 aromatic rings. The molecule has 0 fully saturated rings. The zero-order valence-corrected chi connectivity index (χ0v) is 22.5. The molecular weight excluding hydrogens is 650 g/mol. The van der Waals surface area contributed by atoms with Gasteiger partial charge in [-0.2, -0.15) is 0 Å². The van der Waals surface area contributed by atoms with Crippen molar-refractivity contribution in [3.05, 3.63) is 77.7 Å². The summed E-state index contributed by atoms with van der Waals surface area (Å²) in [6.07, 6.45) is 9.39. The van der Waals surface area contributed by atoms with Crippen molar-refractivity contribution in [3.8, 4) is 5.75 Å². The van der Waals surface area contributed by atoms with Crippen LogP contribution in [0.4, 0.5) is 5.00 Å². The van der Waals surface area contributed by atoms with Gasteiger partial charge in [0.15, 0.2) is 0 Å². The quantitative estimate of drug-likeness (QED) is 0.165. The van der Waals surface area contributed by atoms with Gasteiger partial charge in [-0.3, -0.25) is 4.79 Å². The van der Waals surface area contributed by atoms with Crippen LogP contribution in [-0.4, -0.2) is 18.7 Å². The van der Waals surface area contributed by atoms with E-state index in [4.69, 9.17) is 14.1 Å². The summed E-state index contributed by atoms with van der Waals surface area (Å²) in [5.74, 6) is 1.49. The van der Waals surface area contributed by atoms with E-state index in [2.05, 4.69) is 57.1 Å². The number of fused-ring (bicyclic) bond motifs is 1. The number of hydrogen-bond acceptors (Lipinski definition) is 5. The molecule has 0 aliphatic heterocycles. The summed E-state index contributed by atoms with van der Waals surface area (Å²) in [7, 11) is 0. The summed E-state index contributed by atoms with van der Waals surface area (Å²) < 4.78 is 13.1. The van der Waals surface area contributed by atoms with Crippen LogP contribution >= 0.6 is 56.5 Å². The minimum Gasteiger partial charge on any atom is -0.487 e. The number of ether oxygens (including phenoxy) is 1. The highest BCUT2D eigenvalue weighted by Crippen LogP contribution is 2.40. The van der Waals surface area contributed by atoms with Gasteiger partial charge < -0.3 is 14.5 Å². The zero-order valence-electron chi connectivity index (χ0n) is 17.3. The zero-order chi connectivity index (χ0) is 22.5. The molecule has 0 unspecified atom stereocenters. The Morgan fingerprint density at radius 3 is 2.78 bits per heavy atom. The topological polar surface area (TPSA) is 63.8 Å². The molecule has 1 aliphatic rings. The van der Waals surface area contributed by atoms with Crippen LogP contribution in [-0.2, 0) is 19.4 Å². The molecule has 0 atom stereocenters. The summed E-state index contributed by atoms with van der Waals surface area (Å²) >= 11 is 6.18. The Labute approximate surface area is 218 Å². The van der Waals surface area contributed by atoms with Gasteiger partial charge in [-0.05, 0) is 106 Å². The summed E-state index contributed by atoms with van der Waals surface area (Å²) in [4.78, 5) is 19.2. The van der Waals surface area contributed by atoms with Gasteiger partial charge >= 0.3 is 0 Å².